The zero-order valence-corrected chi connectivity index (χ0v) is 10.3. The second-order valence-corrected chi connectivity index (χ2v) is 3.89. The molecule has 0 fully saturated rings. The van der Waals surface area contributed by atoms with Crippen LogP contribution in [-0.2, 0) is 4.79 Å². The number of alkyl halides is 3. The fraction of sp³-hybridized carbons (Fsp3) is 0.250. The van der Waals surface area contributed by atoms with Crippen molar-refractivity contribution < 1.29 is 27.2 Å². The third-order valence-corrected chi connectivity index (χ3v) is 2.19. The summed E-state index contributed by atoms with van der Waals surface area (Å²) in [5, 5.41) is 3.38. The van der Waals surface area contributed by atoms with E-state index < -0.39 is 30.1 Å². The first kappa shape index (κ1) is 15.8. The molecule has 0 saturated carbocycles. The van der Waals surface area contributed by atoms with Gasteiger partial charge in [-0.3, -0.25) is 9.59 Å². The number of nitrogens with one attached hydrogen (secondary N) is 1. The van der Waals surface area contributed by atoms with Crippen molar-refractivity contribution in [2.24, 2.45) is 5.10 Å². The van der Waals surface area contributed by atoms with Gasteiger partial charge in [0.05, 0.1) is 6.42 Å². The van der Waals surface area contributed by atoms with Crippen molar-refractivity contribution in [3.63, 3.8) is 0 Å². The van der Waals surface area contributed by atoms with Gasteiger partial charge >= 0.3 is 6.18 Å². The van der Waals surface area contributed by atoms with Crippen molar-refractivity contribution in [1.29, 1.82) is 0 Å². The Kier molecular flexibility index (Phi) is 4.95. The monoisotopic (exact) mass is 290 g/mol. The highest BCUT2D eigenvalue weighted by molar-refractivity contribution is 6.03. The molecule has 0 radical (unpaired) electrons. The summed E-state index contributed by atoms with van der Waals surface area (Å²) in [4.78, 5) is 22.2. The molecule has 1 rings (SSSR count). The van der Waals surface area contributed by atoms with Crippen LogP contribution < -0.4 is 5.43 Å². The lowest BCUT2D eigenvalue weighted by Crippen LogP contribution is -2.26. The predicted octanol–water partition coefficient (Wildman–Crippen LogP) is 2.45. The largest absolute Gasteiger partial charge is 0.450 e. The summed E-state index contributed by atoms with van der Waals surface area (Å²) in [5.41, 5.74) is 1.88. The zero-order valence-electron chi connectivity index (χ0n) is 10.3. The van der Waals surface area contributed by atoms with Crippen LogP contribution in [0.2, 0.25) is 0 Å². The van der Waals surface area contributed by atoms with Crippen LogP contribution in [0.3, 0.4) is 0 Å². The summed E-state index contributed by atoms with van der Waals surface area (Å²) in [7, 11) is 0. The van der Waals surface area contributed by atoms with E-state index >= 15 is 0 Å². The Morgan fingerprint density at radius 3 is 2.25 bits per heavy atom. The number of ketones is 1. The maximum atomic E-state index is 12.6. The van der Waals surface area contributed by atoms with Crippen LogP contribution in [0.4, 0.5) is 17.6 Å². The molecule has 8 heteroatoms. The van der Waals surface area contributed by atoms with Crippen molar-refractivity contribution in [1.82, 2.24) is 5.43 Å². The van der Waals surface area contributed by atoms with Crippen molar-refractivity contribution in [2.45, 2.75) is 19.5 Å². The van der Waals surface area contributed by atoms with Crippen LogP contribution in [0.5, 0.6) is 0 Å². The van der Waals surface area contributed by atoms with Gasteiger partial charge in [-0.15, -0.1) is 0 Å². The normalized spacial score (nSPS) is 12.2. The van der Waals surface area contributed by atoms with Crippen LogP contribution in [0, 0.1) is 5.82 Å². The molecule has 0 bridgehead atoms. The number of Topliss-reactive ketones (excluding diaryl/α,β-unsaturated/α-hetero) is 1. The Balaban J connectivity index is 2.61. The third-order valence-electron chi connectivity index (χ3n) is 2.19. The number of carbonyl (C=O) groups is 2. The molecule has 4 nitrogen and oxygen atoms in total. The van der Waals surface area contributed by atoms with E-state index in [2.05, 4.69) is 5.10 Å². The standard InChI is InChI=1S/C12H10F4N2O2/c1-7(6-10(19)12(14,15)16)17-18-11(20)8-2-4-9(13)5-3-8/h2-5H,6H2,1H3,(H,18,20)/b17-7-. The number of carbonyl (C=O) groups excluding carboxylic acids is 2. The summed E-state index contributed by atoms with van der Waals surface area (Å²) < 4.78 is 48.6. The molecule has 20 heavy (non-hydrogen) atoms. The molecule has 0 aromatic heterocycles. The third kappa shape index (κ3) is 4.79. The number of rotatable bonds is 4. The van der Waals surface area contributed by atoms with Crippen LogP contribution in [-0.4, -0.2) is 23.6 Å². The number of hydrogen-bond donors (Lipinski definition) is 1. The van der Waals surface area contributed by atoms with E-state index in [9.17, 15) is 27.2 Å². The summed E-state index contributed by atoms with van der Waals surface area (Å²) in [6, 6.07) is 4.49. The first-order valence-corrected chi connectivity index (χ1v) is 5.39. The Labute approximate surface area is 111 Å². The van der Waals surface area contributed by atoms with E-state index in [-0.39, 0.29) is 11.3 Å². The summed E-state index contributed by atoms with van der Waals surface area (Å²) in [6.07, 6.45) is -5.87. The molecule has 0 saturated heterocycles. The lowest BCUT2D eigenvalue weighted by molar-refractivity contribution is -0.169. The number of amides is 1. The van der Waals surface area contributed by atoms with E-state index in [1.165, 1.54) is 19.1 Å². The van der Waals surface area contributed by atoms with E-state index in [1.807, 2.05) is 5.43 Å². The highest BCUT2D eigenvalue weighted by atomic mass is 19.4. The molecular formula is C12H10F4N2O2. The summed E-state index contributed by atoms with van der Waals surface area (Å²) >= 11 is 0. The van der Waals surface area contributed by atoms with Crippen LogP contribution in [0.1, 0.15) is 23.7 Å². The van der Waals surface area contributed by atoms with Gasteiger partial charge in [-0.1, -0.05) is 0 Å². The zero-order chi connectivity index (χ0) is 15.3. The highest BCUT2D eigenvalue weighted by Crippen LogP contribution is 2.17. The lowest BCUT2D eigenvalue weighted by Gasteiger charge is -2.05. The van der Waals surface area contributed by atoms with Crippen LogP contribution >= 0.6 is 0 Å². The Bertz CT molecular complexity index is 535. The molecule has 0 heterocycles. The van der Waals surface area contributed by atoms with Crippen molar-refractivity contribution in [3.05, 3.63) is 35.6 Å². The quantitative estimate of drug-likeness (QED) is 0.526. The van der Waals surface area contributed by atoms with Gasteiger partial charge in [0.25, 0.3) is 5.91 Å². The minimum absolute atomic E-state index is 0.0881. The fourth-order valence-electron chi connectivity index (χ4n) is 1.18. The molecule has 0 aliphatic carbocycles. The maximum Gasteiger partial charge on any atom is 0.450 e. The van der Waals surface area contributed by atoms with Gasteiger partial charge in [-0.2, -0.15) is 18.3 Å². The first-order chi connectivity index (χ1) is 9.20. The maximum absolute atomic E-state index is 12.6. The molecule has 0 spiro atoms. The van der Waals surface area contributed by atoms with E-state index in [1.54, 1.807) is 0 Å². The van der Waals surface area contributed by atoms with Gasteiger partial charge < -0.3 is 0 Å². The van der Waals surface area contributed by atoms with Gasteiger partial charge in [0, 0.05) is 11.3 Å². The van der Waals surface area contributed by atoms with Crippen LogP contribution in [0.25, 0.3) is 0 Å². The molecule has 0 unspecified atom stereocenters. The average molecular weight is 290 g/mol. The smallest absolute Gasteiger partial charge is 0.289 e. The molecule has 108 valence electrons. The Hall–Kier alpha value is -2.25. The lowest BCUT2D eigenvalue weighted by atomic mass is 10.2. The Morgan fingerprint density at radius 1 is 1.20 bits per heavy atom. The molecule has 0 atom stereocenters. The first-order valence-electron chi connectivity index (χ1n) is 5.39. The minimum Gasteiger partial charge on any atom is -0.289 e. The van der Waals surface area contributed by atoms with Gasteiger partial charge in [0.2, 0.25) is 5.78 Å². The second kappa shape index (κ2) is 6.27. The topological polar surface area (TPSA) is 58.5 Å². The van der Waals surface area contributed by atoms with Crippen molar-refractivity contribution in [2.75, 3.05) is 0 Å². The summed E-state index contributed by atoms with van der Waals surface area (Å²) in [5.74, 6) is -3.20. The van der Waals surface area contributed by atoms with Gasteiger partial charge in [-0.25, -0.2) is 9.82 Å². The molecular weight excluding hydrogens is 280 g/mol. The SMILES string of the molecule is C/C(CC(=O)C(F)(F)F)=N/NC(=O)c1ccc(F)cc1. The molecule has 0 aliphatic heterocycles. The fourth-order valence-corrected chi connectivity index (χ4v) is 1.18. The summed E-state index contributed by atoms with van der Waals surface area (Å²) in [6.45, 7) is 1.18. The minimum atomic E-state index is -4.93. The predicted molar refractivity (Wildman–Crippen MR) is 62.7 cm³/mol. The average Bonchev–Trinajstić information content (AvgIpc) is 2.35. The number of benzene rings is 1. The molecule has 0 aliphatic rings. The van der Waals surface area contributed by atoms with E-state index in [4.69, 9.17) is 0 Å². The second-order valence-electron chi connectivity index (χ2n) is 3.89. The van der Waals surface area contributed by atoms with Crippen molar-refractivity contribution in [3.8, 4) is 0 Å². The molecule has 1 aromatic rings. The van der Waals surface area contributed by atoms with E-state index in [0.29, 0.717) is 0 Å². The molecule has 1 aromatic carbocycles. The Morgan fingerprint density at radius 2 is 1.75 bits per heavy atom. The molecule has 1 N–H and O–H groups in total. The van der Waals surface area contributed by atoms with Gasteiger partial charge in [0.1, 0.15) is 5.82 Å². The van der Waals surface area contributed by atoms with Crippen LogP contribution in [0.15, 0.2) is 29.4 Å². The number of halogens is 4. The number of hydrogen-bond acceptors (Lipinski definition) is 3. The van der Waals surface area contributed by atoms with Crippen molar-refractivity contribution >= 4 is 17.4 Å². The highest BCUT2D eigenvalue weighted by Gasteiger charge is 2.37. The van der Waals surface area contributed by atoms with Gasteiger partial charge in [-0.05, 0) is 31.2 Å². The molecule has 1 amide bonds. The number of nitrogens with zero attached hydrogens (tertiary/aromatic N) is 1. The number of hydrazone groups is 1. The van der Waals surface area contributed by atoms with Gasteiger partial charge in [0.15, 0.2) is 0 Å². The van der Waals surface area contributed by atoms with E-state index in [0.717, 1.165) is 12.1 Å².